The normalized spacial score (nSPS) is 11.3. The molecular weight excluding hydrogens is 437 g/mol. The highest BCUT2D eigenvalue weighted by atomic mass is 32.2. The van der Waals surface area contributed by atoms with Crippen molar-refractivity contribution < 1.29 is 17.6 Å². The summed E-state index contributed by atoms with van der Waals surface area (Å²) in [6.45, 7) is 0. The molecule has 6 nitrogen and oxygen atoms in total. The van der Waals surface area contributed by atoms with E-state index in [2.05, 4.69) is 10.3 Å². The molecule has 0 aliphatic carbocycles. The van der Waals surface area contributed by atoms with Gasteiger partial charge in [-0.2, -0.15) is 0 Å². The molecule has 0 atom stereocenters. The van der Waals surface area contributed by atoms with Crippen LogP contribution in [0.2, 0.25) is 0 Å². The summed E-state index contributed by atoms with van der Waals surface area (Å²) in [4.78, 5) is 17.9. The van der Waals surface area contributed by atoms with Crippen molar-refractivity contribution in [1.29, 1.82) is 0 Å². The Morgan fingerprint density at radius 3 is 2.13 bits per heavy atom. The number of hydrogen-bond donors (Lipinski definition) is 2. The molecule has 0 aliphatic heterocycles. The number of nitrogens with zero attached hydrogens (tertiary/aromatic N) is 1. The first-order chi connectivity index (χ1) is 14.8. The summed E-state index contributed by atoms with van der Waals surface area (Å²) in [7, 11) is -3.83. The van der Waals surface area contributed by atoms with E-state index in [9.17, 15) is 17.6 Å². The minimum absolute atomic E-state index is 0.0221. The number of halogens is 1. The molecule has 0 spiro atoms. The summed E-state index contributed by atoms with van der Waals surface area (Å²) in [5.74, 6) is -0.771. The van der Waals surface area contributed by atoms with Gasteiger partial charge in [0.25, 0.3) is 5.91 Å². The lowest BCUT2D eigenvalue weighted by atomic mass is 10.1. The predicted molar refractivity (Wildman–Crippen MR) is 119 cm³/mol. The maximum Gasteiger partial charge on any atom is 0.284 e. The Morgan fingerprint density at radius 2 is 1.52 bits per heavy atom. The Kier molecular flexibility index (Phi) is 5.64. The van der Waals surface area contributed by atoms with Crippen molar-refractivity contribution in [3.8, 4) is 21.7 Å². The highest BCUT2D eigenvalue weighted by molar-refractivity contribution is 7.89. The lowest BCUT2D eigenvalue weighted by molar-refractivity contribution is 0.102. The number of primary sulfonamides is 1. The van der Waals surface area contributed by atoms with Gasteiger partial charge in [0.2, 0.25) is 10.0 Å². The Hall–Kier alpha value is -3.40. The largest absolute Gasteiger partial charge is 0.320 e. The standard InChI is InChI=1S/C22H16FN3O3S2/c23-16-10-6-14(7-11-16)19-20(15-8-12-18(13-9-15)31(24,28)29)30-22(26-19)21(27)25-17-4-2-1-3-5-17/h1-13H,(H,25,27)(H2,24,28,29). The number of anilines is 1. The fourth-order valence-corrected chi connectivity index (χ4v) is 4.42. The van der Waals surface area contributed by atoms with Crippen LogP contribution in [0.25, 0.3) is 21.7 Å². The summed E-state index contributed by atoms with van der Waals surface area (Å²) >= 11 is 1.15. The number of nitrogens with one attached hydrogen (secondary N) is 1. The zero-order chi connectivity index (χ0) is 22.0. The molecule has 0 aliphatic rings. The number of nitrogens with two attached hydrogens (primary N) is 1. The number of amides is 1. The van der Waals surface area contributed by atoms with Crippen LogP contribution in [0.1, 0.15) is 9.80 Å². The predicted octanol–water partition coefficient (Wildman–Crippen LogP) is 4.52. The molecule has 1 heterocycles. The van der Waals surface area contributed by atoms with E-state index in [-0.39, 0.29) is 21.6 Å². The molecule has 4 aromatic rings. The van der Waals surface area contributed by atoms with Crippen LogP contribution in [0.3, 0.4) is 0 Å². The number of carbonyl (C=O) groups is 1. The first-order valence-corrected chi connectivity index (χ1v) is 11.4. The molecular formula is C22H16FN3O3S2. The number of rotatable bonds is 5. The smallest absolute Gasteiger partial charge is 0.284 e. The monoisotopic (exact) mass is 453 g/mol. The number of para-hydroxylation sites is 1. The second kappa shape index (κ2) is 8.38. The third-order valence-corrected chi connectivity index (χ3v) is 6.45. The average molecular weight is 454 g/mol. The molecule has 1 aromatic heterocycles. The number of hydrogen-bond acceptors (Lipinski definition) is 5. The number of sulfonamides is 1. The van der Waals surface area contributed by atoms with Gasteiger partial charge in [0.05, 0.1) is 15.5 Å². The van der Waals surface area contributed by atoms with E-state index in [0.29, 0.717) is 27.4 Å². The first-order valence-electron chi connectivity index (χ1n) is 9.08. The molecule has 0 unspecified atom stereocenters. The Labute approximate surface area is 182 Å². The van der Waals surface area contributed by atoms with Crippen LogP contribution in [-0.2, 0) is 10.0 Å². The van der Waals surface area contributed by atoms with Gasteiger partial charge in [0.15, 0.2) is 5.01 Å². The van der Waals surface area contributed by atoms with Gasteiger partial charge in [-0.1, -0.05) is 30.3 Å². The molecule has 3 aromatic carbocycles. The van der Waals surface area contributed by atoms with Gasteiger partial charge in [-0.15, -0.1) is 11.3 Å². The SMILES string of the molecule is NS(=O)(=O)c1ccc(-c2sc(C(=O)Nc3ccccc3)nc2-c2ccc(F)cc2)cc1. The lowest BCUT2D eigenvalue weighted by Crippen LogP contribution is -2.11. The van der Waals surface area contributed by atoms with Crippen LogP contribution in [0, 0.1) is 5.82 Å². The molecule has 0 bridgehead atoms. The fraction of sp³-hybridized carbons (Fsp3) is 0. The third kappa shape index (κ3) is 4.69. The minimum atomic E-state index is -3.83. The summed E-state index contributed by atoms with van der Waals surface area (Å²) in [6, 6.07) is 20.7. The second-order valence-electron chi connectivity index (χ2n) is 6.59. The Morgan fingerprint density at radius 1 is 0.903 bits per heavy atom. The molecule has 4 rings (SSSR count). The molecule has 0 radical (unpaired) electrons. The Bertz CT molecular complexity index is 1340. The maximum atomic E-state index is 13.4. The number of aromatic nitrogens is 1. The maximum absolute atomic E-state index is 13.4. The molecule has 1 amide bonds. The van der Waals surface area contributed by atoms with Gasteiger partial charge < -0.3 is 5.32 Å². The van der Waals surface area contributed by atoms with E-state index in [1.54, 1.807) is 48.5 Å². The Balaban J connectivity index is 1.77. The summed E-state index contributed by atoms with van der Waals surface area (Å²) < 4.78 is 36.5. The van der Waals surface area contributed by atoms with Crippen molar-refractivity contribution in [3.63, 3.8) is 0 Å². The van der Waals surface area contributed by atoms with Crippen LogP contribution < -0.4 is 10.5 Å². The van der Waals surface area contributed by atoms with Crippen molar-refractivity contribution >= 4 is 33.0 Å². The number of carbonyl (C=O) groups excluding carboxylic acids is 1. The highest BCUT2D eigenvalue weighted by Crippen LogP contribution is 2.37. The van der Waals surface area contributed by atoms with E-state index >= 15 is 0 Å². The van der Waals surface area contributed by atoms with Gasteiger partial charge in [-0.25, -0.2) is 22.9 Å². The summed E-state index contributed by atoms with van der Waals surface area (Å²) in [6.07, 6.45) is 0. The number of thiazole rings is 1. The molecule has 9 heteroatoms. The van der Waals surface area contributed by atoms with Crippen molar-refractivity contribution in [2.75, 3.05) is 5.32 Å². The van der Waals surface area contributed by atoms with Gasteiger partial charge in [0, 0.05) is 11.3 Å². The van der Waals surface area contributed by atoms with Gasteiger partial charge in [0.1, 0.15) is 5.82 Å². The highest BCUT2D eigenvalue weighted by Gasteiger charge is 2.20. The average Bonchev–Trinajstić information content (AvgIpc) is 3.20. The quantitative estimate of drug-likeness (QED) is 0.464. The molecule has 0 fully saturated rings. The minimum Gasteiger partial charge on any atom is -0.320 e. The van der Waals surface area contributed by atoms with Crippen LogP contribution in [-0.4, -0.2) is 19.3 Å². The molecule has 156 valence electrons. The zero-order valence-corrected chi connectivity index (χ0v) is 17.6. The van der Waals surface area contributed by atoms with Crippen LogP contribution in [0.15, 0.2) is 83.8 Å². The van der Waals surface area contributed by atoms with E-state index < -0.39 is 10.0 Å². The van der Waals surface area contributed by atoms with Crippen molar-refractivity contribution in [2.45, 2.75) is 4.90 Å². The molecule has 0 saturated heterocycles. The van der Waals surface area contributed by atoms with Crippen LogP contribution in [0.5, 0.6) is 0 Å². The number of benzene rings is 3. The topological polar surface area (TPSA) is 102 Å². The summed E-state index contributed by atoms with van der Waals surface area (Å²) in [5, 5.41) is 8.18. The molecule has 3 N–H and O–H groups in total. The lowest BCUT2D eigenvalue weighted by Gasteiger charge is -2.04. The van der Waals surface area contributed by atoms with Crippen molar-refractivity contribution in [3.05, 3.63) is 89.7 Å². The van der Waals surface area contributed by atoms with Gasteiger partial charge in [-0.3, -0.25) is 4.79 Å². The molecule has 31 heavy (non-hydrogen) atoms. The van der Waals surface area contributed by atoms with Crippen molar-refractivity contribution in [1.82, 2.24) is 4.98 Å². The van der Waals surface area contributed by atoms with E-state index in [0.717, 1.165) is 11.3 Å². The zero-order valence-electron chi connectivity index (χ0n) is 15.9. The van der Waals surface area contributed by atoms with Crippen molar-refractivity contribution in [2.24, 2.45) is 5.14 Å². The van der Waals surface area contributed by atoms with Gasteiger partial charge >= 0.3 is 0 Å². The fourth-order valence-electron chi connectivity index (χ4n) is 2.92. The molecule has 0 saturated carbocycles. The van der Waals surface area contributed by atoms with E-state index in [1.807, 2.05) is 6.07 Å². The third-order valence-electron chi connectivity index (χ3n) is 4.42. The second-order valence-corrected chi connectivity index (χ2v) is 9.15. The van der Waals surface area contributed by atoms with E-state index in [4.69, 9.17) is 5.14 Å². The van der Waals surface area contributed by atoms with Crippen LogP contribution >= 0.6 is 11.3 Å². The van der Waals surface area contributed by atoms with Crippen LogP contribution in [0.4, 0.5) is 10.1 Å². The first kappa shape index (κ1) is 20.9. The van der Waals surface area contributed by atoms with Gasteiger partial charge in [-0.05, 0) is 54.1 Å². The summed E-state index contributed by atoms with van der Waals surface area (Å²) in [5.41, 5.74) is 2.40. The van der Waals surface area contributed by atoms with E-state index in [1.165, 1.54) is 24.3 Å².